The topological polar surface area (TPSA) is 41.6 Å². The first-order chi connectivity index (χ1) is 10.4. The van der Waals surface area contributed by atoms with Gasteiger partial charge in [0.25, 0.3) is 0 Å². The Morgan fingerprint density at radius 3 is 2.41 bits per heavy atom. The van der Waals surface area contributed by atoms with Crippen LogP contribution in [0.25, 0.3) is 0 Å². The van der Waals surface area contributed by atoms with Crippen LogP contribution in [0.1, 0.15) is 53.4 Å². The SMILES string of the molecule is CCCC1C(C)C1NC(=O)CC(OC)C(C(C)CC)N(C)C. The molecule has 0 aromatic carbocycles. The molecule has 0 aromatic rings. The second-order valence-electron chi connectivity index (χ2n) is 7.22. The highest BCUT2D eigenvalue weighted by atomic mass is 16.5. The lowest BCUT2D eigenvalue weighted by molar-refractivity contribution is -0.125. The van der Waals surface area contributed by atoms with Crippen LogP contribution >= 0.6 is 0 Å². The molecule has 0 heterocycles. The summed E-state index contributed by atoms with van der Waals surface area (Å²) in [6.45, 7) is 8.86. The van der Waals surface area contributed by atoms with Crippen molar-refractivity contribution in [2.24, 2.45) is 17.8 Å². The second kappa shape index (κ2) is 8.88. The zero-order valence-electron chi connectivity index (χ0n) is 15.6. The predicted molar refractivity (Wildman–Crippen MR) is 91.8 cm³/mol. The third-order valence-electron chi connectivity index (χ3n) is 5.41. The average molecular weight is 312 g/mol. The van der Waals surface area contributed by atoms with Crippen molar-refractivity contribution in [3.8, 4) is 0 Å². The van der Waals surface area contributed by atoms with Crippen molar-refractivity contribution in [3.63, 3.8) is 0 Å². The molecule has 0 radical (unpaired) electrons. The summed E-state index contributed by atoms with van der Waals surface area (Å²) in [5.41, 5.74) is 0. The molecule has 6 unspecified atom stereocenters. The van der Waals surface area contributed by atoms with E-state index in [0.717, 1.165) is 6.42 Å². The minimum Gasteiger partial charge on any atom is -0.379 e. The summed E-state index contributed by atoms with van der Waals surface area (Å²) in [4.78, 5) is 14.6. The maximum Gasteiger partial charge on any atom is 0.222 e. The summed E-state index contributed by atoms with van der Waals surface area (Å²) >= 11 is 0. The first-order valence-corrected chi connectivity index (χ1v) is 8.85. The summed E-state index contributed by atoms with van der Waals surface area (Å²) in [5, 5.41) is 3.22. The summed E-state index contributed by atoms with van der Waals surface area (Å²) < 4.78 is 5.67. The third kappa shape index (κ3) is 4.95. The van der Waals surface area contributed by atoms with Gasteiger partial charge in [0.05, 0.1) is 12.5 Å². The van der Waals surface area contributed by atoms with Crippen molar-refractivity contribution in [2.45, 2.75) is 71.6 Å². The molecule has 1 saturated carbocycles. The molecule has 0 bridgehead atoms. The molecule has 1 aliphatic carbocycles. The molecule has 130 valence electrons. The monoisotopic (exact) mass is 312 g/mol. The fraction of sp³-hybridized carbons (Fsp3) is 0.944. The van der Waals surface area contributed by atoms with Crippen LogP contribution in [-0.2, 0) is 9.53 Å². The van der Waals surface area contributed by atoms with Crippen LogP contribution in [0.5, 0.6) is 0 Å². The van der Waals surface area contributed by atoms with E-state index >= 15 is 0 Å². The molecule has 6 atom stereocenters. The van der Waals surface area contributed by atoms with Gasteiger partial charge in [0.15, 0.2) is 0 Å². The molecule has 4 heteroatoms. The Hall–Kier alpha value is -0.610. The van der Waals surface area contributed by atoms with Gasteiger partial charge >= 0.3 is 0 Å². The lowest BCUT2D eigenvalue weighted by Gasteiger charge is -2.35. The molecule has 4 nitrogen and oxygen atoms in total. The predicted octanol–water partition coefficient (Wildman–Crippen LogP) is 2.92. The lowest BCUT2D eigenvalue weighted by atomic mass is 9.91. The van der Waals surface area contributed by atoms with E-state index in [1.165, 1.54) is 12.8 Å². The summed E-state index contributed by atoms with van der Waals surface area (Å²) in [6.07, 6.45) is 3.89. The second-order valence-corrected chi connectivity index (χ2v) is 7.22. The first-order valence-electron chi connectivity index (χ1n) is 8.85. The van der Waals surface area contributed by atoms with Gasteiger partial charge in [0.2, 0.25) is 5.91 Å². The van der Waals surface area contributed by atoms with Crippen LogP contribution < -0.4 is 5.32 Å². The van der Waals surface area contributed by atoms with E-state index in [9.17, 15) is 4.79 Å². The van der Waals surface area contributed by atoms with Crippen molar-refractivity contribution in [2.75, 3.05) is 21.2 Å². The fourth-order valence-electron chi connectivity index (χ4n) is 3.78. The van der Waals surface area contributed by atoms with Crippen molar-refractivity contribution in [3.05, 3.63) is 0 Å². The molecule has 0 saturated heterocycles. The number of nitrogens with zero attached hydrogens (tertiary/aromatic N) is 1. The number of ether oxygens (including phenoxy) is 1. The molecular formula is C18H36N2O2. The highest BCUT2D eigenvalue weighted by molar-refractivity contribution is 5.77. The van der Waals surface area contributed by atoms with Crippen LogP contribution in [-0.4, -0.2) is 50.2 Å². The van der Waals surface area contributed by atoms with E-state index in [1.54, 1.807) is 7.11 Å². The van der Waals surface area contributed by atoms with Gasteiger partial charge in [0, 0.05) is 19.2 Å². The van der Waals surface area contributed by atoms with Gasteiger partial charge < -0.3 is 15.0 Å². The van der Waals surface area contributed by atoms with E-state index < -0.39 is 0 Å². The van der Waals surface area contributed by atoms with Crippen molar-refractivity contribution < 1.29 is 9.53 Å². The number of hydrogen-bond acceptors (Lipinski definition) is 3. The van der Waals surface area contributed by atoms with Crippen molar-refractivity contribution >= 4 is 5.91 Å². The zero-order chi connectivity index (χ0) is 16.9. The van der Waals surface area contributed by atoms with Gasteiger partial charge in [0.1, 0.15) is 0 Å². The summed E-state index contributed by atoms with van der Waals surface area (Å²) in [6, 6.07) is 0.648. The van der Waals surface area contributed by atoms with Gasteiger partial charge in [-0.05, 0) is 38.3 Å². The van der Waals surface area contributed by atoms with Gasteiger partial charge in [-0.3, -0.25) is 4.79 Å². The van der Waals surface area contributed by atoms with Crippen LogP contribution in [0.3, 0.4) is 0 Å². The Labute approximate surface area is 137 Å². The number of carbonyl (C=O) groups excluding carboxylic acids is 1. The van der Waals surface area contributed by atoms with Gasteiger partial charge in [-0.15, -0.1) is 0 Å². The standard InChI is InChI=1S/C18H36N2O2/c1-8-10-14-13(4)17(14)19-16(21)11-15(22-7)18(20(5)6)12(3)9-2/h12-15,17-18H,8-11H2,1-7H3,(H,19,21). The number of methoxy groups -OCH3 is 1. The maximum absolute atomic E-state index is 12.4. The Morgan fingerprint density at radius 1 is 1.32 bits per heavy atom. The Kier molecular flexibility index (Phi) is 7.84. The number of rotatable bonds is 10. The molecule has 22 heavy (non-hydrogen) atoms. The van der Waals surface area contributed by atoms with Crippen LogP contribution in [0.15, 0.2) is 0 Å². The average Bonchev–Trinajstić information content (AvgIpc) is 3.06. The minimum atomic E-state index is -0.0522. The Bertz CT molecular complexity index is 346. The quantitative estimate of drug-likeness (QED) is 0.674. The zero-order valence-corrected chi connectivity index (χ0v) is 15.6. The lowest BCUT2D eigenvalue weighted by Crippen LogP contribution is -2.47. The van der Waals surface area contributed by atoms with E-state index in [-0.39, 0.29) is 18.1 Å². The highest BCUT2D eigenvalue weighted by Crippen LogP contribution is 2.42. The summed E-state index contributed by atoms with van der Waals surface area (Å²) in [5.74, 6) is 1.94. The largest absolute Gasteiger partial charge is 0.379 e. The van der Waals surface area contributed by atoms with Crippen LogP contribution in [0.2, 0.25) is 0 Å². The van der Waals surface area contributed by atoms with E-state index in [1.807, 2.05) is 0 Å². The van der Waals surface area contributed by atoms with Crippen LogP contribution in [0, 0.1) is 17.8 Å². The van der Waals surface area contributed by atoms with Gasteiger partial charge in [-0.25, -0.2) is 0 Å². The third-order valence-corrected chi connectivity index (χ3v) is 5.41. The highest BCUT2D eigenvalue weighted by Gasteiger charge is 2.46. The molecule has 1 amide bonds. The summed E-state index contributed by atoms with van der Waals surface area (Å²) in [7, 11) is 5.86. The first kappa shape index (κ1) is 19.4. The Morgan fingerprint density at radius 2 is 1.95 bits per heavy atom. The molecule has 0 aromatic heterocycles. The molecular weight excluding hydrogens is 276 g/mol. The number of amides is 1. The smallest absolute Gasteiger partial charge is 0.222 e. The van der Waals surface area contributed by atoms with Crippen molar-refractivity contribution in [1.82, 2.24) is 10.2 Å². The number of nitrogens with one attached hydrogen (secondary N) is 1. The van der Waals surface area contributed by atoms with Crippen molar-refractivity contribution in [1.29, 1.82) is 0 Å². The number of carbonyl (C=O) groups is 1. The number of hydrogen-bond donors (Lipinski definition) is 1. The minimum absolute atomic E-state index is 0.0522. The molecule has 0 aliphatic heterocycles. The molecule has 1 fully saturated rings. The molecule has 1 rings (SSSR count). The fourth-order valence-corrected chi connectivity index (χ4v) is 3.78. The number of likely N-dealkylation sites (N-methyl/N-ethyl adjacent to an activating group) is 1. The van der Waals surface area contributed by atoms with E-state index in [0.29, 0.717) is 30.2 Å². The van der Waals surface area contributed by atoms with Gasteiger partial charge in [-0.1, -0.05) is 40.5 Å². The van der Waals surface area contributed by atoms with E-state index in [2.05, 4.69) is 52.0 Å². The molecule has 1 aliphatic rings. The van der Waals surface area contributed by atoms with E-state index in [4.69, 9.17) is 4.74 Å². The Balaban J connectivity index is 2.56. The normalized spacial score (nSPS) is 28.3. The molecule has 1 N–H and O–H groups in total. The maximum atomic E-state index is 12.4. The molecule has 0 spiro atoms. The van der Waals surface area contributed by atoms with Gasteiger partial charge in [-0.2, -0.15) is 0 Å². The van der Waals surface area contributed by atoms with Crippen LogP contribution in [0.4, 0.5) is 0 Å².